The van der Waals surface area contributed by atoms with Crippen LogP contribution >= 0.6 is 0 Å². The fraction of sp³-hybridized carbons (Fsp3) is 0.135. The van der Waals surface area contributed by atoms with E-state index in [1.165, 1.54) is 80.0 Å². The quantitative estimate of drug-likeness (QED) is 0.172. The molecule has 0 bridgehead atoms. The van der Waals surface area contributed by atoms with E-state index in [0.717, 1.165) is 11.4 Å². The lowest BCUT2D eigenvalue weighted by Crippen LogP contribution is -2.39. The molecule has 7 aromatic rings. The molecule has 3 aliphatic carbocycles. The Kier molecular flexibility index (Phi) is 6.74. The molecule has 56 heavy (non-hydrogen) atoms. The van der Waals surface area contributed by atoms with Gasteiger partial charge >= 0.3 is 0 Å². The van der Waals surface area contributed by atoms with Gasteiger partial charge < -0.3 is 4.90 Å². The van der Waals surface area contributed by atoms with Crippen LogP contribution in [0.15, 0.2) is 199 Å². The van der Waals surface area contributed by atoms with Crippen molar-refractivity contribution in [2.75, 3.05) is 4.90 Å². The van der Waals surface area contributed by atoms with Crippen LogP contribution in [-0.2, 0) is 5.41 Å². The van der Waals surface area contributed by atoms with Gasteiger partial charge in [0, 0.05) is 35.1 Å². The lowest BCUT2D eigenvalue weighted by molar-refractivity contribution is 0.481. The highest BCUT2D eigenvalue weighted by Gasteiger charge is 2.60. The lowest BCUT2D eigenvalue weighted by atomic mass is 9.64. The summed E-state index contributed by atoms with van der Waals surface area (Å²) >= 11 is 0. The predicted molar refractivity (Wildman–Crippen MR) is 225 cm³/mol. The Morgan fingerprint density at radius 3 is 1.91 bits per heavy atom. The van der Waals surface area contributed by atoms with Crippen LogP contribution in [0.4, 0.5) is 11.4 Å². The Labute approximate surface area is 327 Å². The average molecular weight is 719 g/mol. The third-order valence-electron chi connectivity index (χ3n) is 13.2. The van der Waals surface area contributed by atoms with Crippen LogP contribution in [0.2, 0.25) is 0 Å². The minimum atomic E-state index is -0.645. The summed E-state index contributed by atoms with van der Waals surface area (Å²) in [5.41, 5.74) is 16.8. The van der Waals surface area contributed by atoms with E-state index in [1.54, 1.807) is 0 Å². The molecule has 1 saturated carbocycles. The van der Waals surface area contributed by atoms with Gasteiger partial charge in [0.1, 0.15) is 5.41 Å². The molecule has 0 N–H and O–H groups in total. The molecule has 0 amide bonds. The first kappa shape index (κ1) is 31.7. The highest BCUT2D eigenvalue weighted by atomic mass is 15.2. The number of hydrogen-bond donors (Lipinski definition) is 0. The van der Waals surface area contributed by atoms with Crippen molar-refractivity contribution in [3.63, 3.8) is 0 Å². The van der Waals surface area contributed by atoms with Crippen LogP contribution in [-0.4, -0.2) is 21.7 Å². The van der Waals surface area contributed by atoms with Crippen molar-refractivity contribution in [3.8, 4) is 11.1 Å². The highest BCUT2D eigenvalue weighted by molar-refractivity contribution is 6.10. The van der Waals surface area contributed by atoms with Gasteiger partial charge in [-0.25, -0.2) is 0 Å². The minimum Gasteiger partial charge on any atom is -0.333 e. The number of allylic oxidation sites excluding steroid dienone is 2. The SMILES string of the molecule is C1=CC2C(C3=C1c1ccccc1C3(c1ccccn1)c1ccccn1)c1ccccc1N2c1ccc(-c2ccc(C3N=C(c4ccccc4)C34CC4)cc2)cc1. The zero-order chi connectivity index (χ0) is 36.8. The van der Waals surface area contributed by atoms with E-state index in [9.17, 15) is 0 Å². The summed E-state index contributed by atoms with van der Waals surface area (Å²) in [5.74, 6) is 0.0844. The number of aliphatic imine (C=N–C) groups is 1. The maximum absolute atomic E-state index is 5.16. The van der Waals surface area contributed by atoms with Gasteiger partial charge in [-0.15, -0.1) is 0 Å². The number of pyridine rings is 2. The van der Waals surface area contributed by atoms with E-state index in [2.05, 4.69) is 169 Å². The normalized spacial score (nSPS) is 21.5. The van der Waals surface area contributed by atoms with Gasteiger partial charge in [-0.2, -0.15) is 0 Å². The standard InChI is InChI=1S/C52H38N4/c1-2-12-36(13-3-1)49-51(30-31-51)50(55-49)37-22-20-34(21-23-37)35-24-26-38(27-25-35)56-43-17-7-5-15-41(43)47-44(56)29-28-40-39-14-4-6-16-42(39)52(48(40)47,45-18-8-10-32-53-45)46-19-9-11-33-54-46/h1-29,32-33,44,47,50H,30-31H2. The fourth-order valence-electron chi connectivity index (χ4n) is 10.6. The second-order valence-corrected chi connectivity index (χ2v) is 15.9. The van der Waals surface area contributed by atoms with E-state index in [0.29, 0.717) is 0 Å². The maximum Gasteiger partial charge on any atom is 0.103 e. The zero-order valence-electron chi connectivity index (χ0n) is 30.8. The van der Waals surface area contributed by atoms with Gasteiger partial charge in [-0.3, -0.25) is 15.0 Å². The Hall–Kier alpha value is -6.65. The molecule has 12 rings (SSSR count). The molecule has 266 valence electrons. The molecular formula is C52H38N4. The molecule has 5 aliphatic rings. The maximum atomic E-state index is 5.16. The topological polar surface area (TPSA) is 41.4 Å². The van der Waals surface area contributed by atoms with Crippen molar-refractivity contribution >= 4 is 22.7 Å². The summed E-state index contributed by atoms with van der Waals surface area (Å²) in [4.78, 5) is 17.9. The van der Waals surface area contributed by atoms with Crippen molar-refractivity contribution < 1.29 is 0 Å². The number of aromatic nitrogens is 2. The molecule has 0 radical (unpaired) electrons. The van der Waals surface area contributed by atoms with E-state index in [4.69, 9.17) is 15.0 Å². The minimum absolute atomic E-state index is 0.0796. The molecule has 1 spiro atoms. The number of benzene rings is 5. The first-order valence-electron chi connectivity index (χ1n) is 19.8. The molecule has 5 aromatic carbocycles. The summed E-state index contributed by atoms with van der Waals surface area (Å²) in [5, 5.41) is 0. The summed E-state index contributed by atoms with van der Waals surface area (Å²) in [6.45, 7) is 0. The van der Waals surface area contributed by atoms with Crippen LogP contribution in [0.25, 0.3) is 16.7 Å². The second kappa shape index (κ2) is 11.9. The first-order valence-corrected chi connectivity index (χ1v) is 19.8. The number of rotatable bonds is 6. The van der Waals surface area contributed by atoms with Crippen molar-refractivity contribution in [1.29, 1.82) is 0 Å². The summed E-state index contributed by atoms with van der Waals surface area (Å²) in [6, 6.07) is 59.9. The average Bonchev–Trinajstić information content (AvgIpc) is 3.97. The molecule has 0 saturated heterocycles. The smallest absolute Gasteiger partial charge is 0.103 e. The van der Waals surface area contributed by atoms with Crippen molar-refractivity contribution in [1.82, 2.24) is 9.97 Å². The molecule has 2 aromatic heterocycles. The van der Waals surface area contributed by atoms with Gasteiger partial charge in [-0.1, -0.05) is 133 Å². The molecule has 1 fully saturated rings. The second-order valence-electron chi connectivity index (χ2n) is 15.9. The van der Waals surface area contributed by atoms with Crippen molar-refractivity contribution in [2.24, 2.45) is 10.4 Å². The van der Waals surface area contributed by atoms with Gasteiger partial charge in [-0.05, 0) is 105 Å². The molecular weight excluding hydrogens is 681 g/mol. The number of para-hydroxylation sites is 1. The van der Waals surface area contributed by atoms with E-state index >= 15 is 0 Å². The number of nitrogens with zero attached hydrogens (tertiary/aromatic N) is 4. The van der Waals surface area contributed by atoms with Crippen LogP contribution in [0.5, 0.6) is 0 Å². The number of fused-ring (bicyclic) bond motifs is 6. The summed E-state index contributed by atoms with van der Waals surface area (Å²) in [7, 11) is 0. The Balaban J connectivity index is 0.913. The number of hydrogen-bond acceptors (Lipinski definition) is 4. The van der Waals surface area contributed by atoms with Gasteiger partial charge in [0.25, 0.3) is 0 Å². The molecule has 2 aliphatic heterocycles. The van der Waals surface area contributed by atoms with Crippen LogP contribution in [0, 0.1) is 5.41 Å². The molecule has 4 nitrogen and oxygen atoms in total. The molecule has 4 heteroatoms. The Morgan fingerprint density at radius 1 is 0.571 bits per heavy atom. The third-order valence-corrected chi connectivity index (χ3v) is 13.2. The van der Waals surface area contributed by atoms with Crippen molar-refractivity contribution in [3.05, 3.63) is 233 Å². The molecule has 3 atom stereocenters. The van der Waals surface area contributed by atoms with Crippen LogP contribution in [0.3, 0.4) is 0 Å². The number of anilines is 2. The monoisotopic (exact) mass is 718 g/mol. The van der Waals surface area contributed by atoms with Gasteiger partial charge in [0.15, 0.2) is 0 Å². The van der Waals surface area contributed by atoms with Crippen molar-refractivity contribution in [2.45, 2.75) is 36.3 Å². The van der Waals surface area contributed by atoms with E-state index in [-0.39, 0.29) is 23.4 Å². The molecule has 3 unspecified atom stereocenters. The van der Waals surface area contributed by atoms with E-state index < -0.39 is 5.41 Å². The van der Waals surface area contributed by atoms with Crippen LogP contribution in [0.1, 0.15) is 64.0 Å². The largest absolute Gasteiger partial charge is 0.333 e. The Bertz CT molecular complexity index is 2710. The third kappa shape index (κ3) is 4.33. The highest BCUT2D eigenvalue weighted by Crippen LogP contribution is 2.65. The Morgan fingerprint density at radius 2 is 1.21 bits per heavy atom. The first-order chi connectivity index (χ1) is 27.8. The lowest BCUT2D eigenvalue weighted by Gasteiger charge is -2.39. The fourth-order valence-corrected chi connectivity index (χ4v) is 10.6. The molecule has 4 heterocycles. The van der Waals surface area contributed by atoms with E-state index in [1.807, 2.05) is 24.5 Å². The van der Waals surface area contributed by atoms with Crippen LogP contribution < -0.4 is 4.90 Å². The zero-order valence-corrected chi connectivity index (χ0v) is 30.8. The van der Waals surface area contributed by atoms with Gasteiger partial charge in [0.05, 0.1) is 29.2 Å². The predicted octanol–water partition coefficient (Wildman–Crippen LogP) is 11.4. The summed E-state index contributed by atoms with van der Waals surface area (Å²) in [6.07, 6.45) is 11.1. The summed E-state index contributed by atoms with van der Waals surface area (Å²) < 4.78 is 0. The van der Waals surface area contributed by atoms with Gasteiger partial charge in [0.2, 0.25) is 0 Å².